The smallest absolute Gasteiger partial charge is 0.337 e. The summed E-state index contributed by atoms with van der Waals surface area (Å²) in [5, 5.41) is 0. The molecule has 32 heavy (non-hydrogen) atoms. The van der Waals surface area contributed by atoms with Gasteiger partial charge in [-0.25, -0.2) is 13.6 Å². The molecular formula is C24H20F2N2O4. The first-order valence-electron chi connectivity index (χ1n) is 9.86. The zero-order valence-electron chi connectivity index (χ0n) is 17.2. The molecule has 0 radical (unpaired) electrons. The summed E-state index contributed by atoms with van der Waals surface area (Å²) >= 11 is 0. The number of nitrogens with zero attached hydrogens (tertiary/aromatic N) is 2. The molecule has 2 aromatic rings. The van der Waals surface area contributed by atoms with Crippen LogP contribution in [0.4, 0.5) is 8.78 Å². The standard InChI is InChI=1S/C24H20F2N2O4/c1-31-24(30)17-7-5-16(6-8-17)14-28-21-4-2-3-11-27(21)23(13-22(28)29)32-15-18-9-10-19(25)12-20(18)26/h2-13,21H,14-15H2,1H3. The SMILES string of the molecule is COC(=O)c1ccc(CN2C(=O)C=C(OCc3ccc(F)cc3F)N3C=CC=CC32)cc1. The van der Waals surface area contributed by atoms with Crippen LogP contribution in [0.25, 0.3) is 0 Å². The van der Waals surface area contributed by atoms with Gasteiger partial charge in [0.2, 0.25) is 5.88 Å². The highest BCUT2D eigenvalue weighted by Crippen LogP contribution is 2.27. The van der Waals surface area contributed by atoms with E-state index < -0.39 is 23.8 Å². The molecule has 1 amide bonds. The molecule has 0 fully saturated rings. The predicted molar refractivity (Wildman–Crippen MR) is 111 cm³/mol. The molecule has 0 spiro atoms. The molecule has 4 rings (SSSR count). The summed E-state index contributed by atoms with van der Waals surface area (Å²) in [6.45, 7) is 0.150. The number of amides is 1. The Hall–Kier alpha value is -3.94. The molecule has 6 nitrogen and oxygen atoms in total. The first kappa shape index (κ1) is 21.3. The Balaban J connectivity index is 1.52. The fourth-order valence-corrected chi connectivity index (χ4v) is 3.48. The maximum absolute atomic E-state index is 13.9. The second kappa shape index (κ2) is 9.05. The first-order chi connectivity index (χ1) is 15.5. The van der Waals surface area contributed by atoms with Gasteiger partial charge in [-0.3, -0.25) is 9.69 Å². The van der Waals surface area contributed by atoms with Crippen LogP contribution in [0.1, 0.15) is 21.5 Å². The number of hydrogen-bond donors (Lipinski definition) is 0. The largest absolute Gasteiger partial charge is 0.474 e. The van der Waals surface area contributed by atoms with E-state index in [1.54, 1.807) is 46.3 Å². The molecule has 0 saturated heterocycles. The average molecular weight is 438 g/mol. The van der Waals surface area contributed by atoms with Gasteiger partial charge in [-0.1, -0.05) is 18.2 Å². The van der Waals surface area contributed by atoms with Gasteiger partial charge in [0.05, 0.1) is 18.7 Å². The Kier molecular flexibility index (Phi) is 6.02. The van der Waals surface area contributed by atoms with Crippen molar-refractivity contribution in [1.29, 1.82) is 0 Å². The van der Waals surface area contributed by atoms with E-state index in [0.29, 0.717) is 12.1 Å². The van der Waals surface area contributed by atoms with Crippen molar-refractivity contribution >= 4 is 11.9 Å². The van der Waals surface area contributed by atoms with Gasteiger partial charge in [-0.05, 0) is 42.0 Å². The van der Waals surface area contributed by atoms with E-state index in [0.717, 1.165) is 17.7 Å². The monoisotopic (exact) mass is 438 g/mol. The molecule has 1 atom stereocenters. The number of allylic oxidation sites excluding steroid dienone is 2. The Bertz CT molecular complexity index is 1130. The van der Waals surface area contributed by atoms with E-state index >= 15 is 0 Å². The molecular weight excluding hydrogens is 418 g/mol. The Morgan fingerprint density at radius 2 is 1.88 bits per heavy atom. The highest BCUT2D eigenvalue weighted by atomic mass is 19.1. The van der Waals surface area contributed by atoms with Gasteiger partial charge in [0.15, 0.2) is 0 Å². The van der Waals surface area contributed by atoms with Crippen molar-refractivity contribution in [2.75, 3.05) is 7.11 Å². The zero-order valence-corrected chi connectivity index (χ0v) is 17.2. The molecule has 2 heterocycles. The van der Waals surface area contributed by atoms with Crippen molar-refractivity contribution in [3.8, 4) is 0 Å². The Morgan fingerprint density at radius 3 is 2.59 bits per heavy atom. The van der Waals surface area contributed by atoms with Crippen LogP contribution in [0.5, 0.6) is 0 Å². The van der Waals surface area contributed by atoms with Gasteiger partial charge in [0.1, 0.15) is 24.4 Å². The molecule has 2 aliphatic rings. The Morgan fingerprint density at radius 1 is 1.09 bits per heavy atom. The summed E-state index contributed by atoms with van der Waals surface area (Å²) in [5.41, 5.74) is 1.44. The van der Waals surface area contributed by atoms with E-state index in [9.17, 15) is 18.4 Å². The number of fused-ring (bicyclic) bond motifs is 1. The molecule has 8 heteroatoms. The van der Waals surface area contributed by atoms with Crippen molar-refractivity contribution in [3.63, 3.8) is 0 Å². The lowest BCUT2D eigenvalue weighted by atomic mass is 10.1. The van der Waals surface area contributed by atoms with Crippen molar-refractivity contribution in [2.24, 2.45) is 0 Å². The number of esters is 1. The molecule has 1 unspecified atom stereocenters. The average Bonchev–Trinajstić information content (AvgIpc) is 2.80. The fourth-order valence-electron chi connectivity index (χ4n) is 3.48. The quantitative estimate of drug-likeness (QED) is 0.641. The van der Waals surface area contributed by atoms with Crippen LogP contribution in [0.2, 0.25) is 0 Å². The highest BCUT2D eigenvalue weighted by molar-refractivity contribution is 5.90. The minimum absolute atomic E-state index is 0.152. The van der Waals surface area contributed by atoms with Crippen LogP contribution >= 0.6 is 0 Å². The van der Waals surface area contributed by atoms with Crippen LogP contribution in [0.3, 0.4) is 0 Å². The normalized spacial score (nSPS) is 17.2. The Labute approximate surface area is 183 Å². The van der Waals surface area contributed by atoms with Gasteiger partial charge in [0, 0.05) is 24.4 Å². The molecule has 164 valence electrons. The van der Waals surface area contributed by atoms with E-state index in [4.69, 9.17) is 9.47 Å². The minimum atomic E-state index is -0.713. The molecule has 0 bridgehead atoms. The van der Waals surface area contributed by atoms with Crippen LogP contribution in [-0.2, 0) is 27.4 Å². The second-order valence-electron chi connectivity index (χ2n) is 7.21. The summed E-state index contributed by atoms with van der Waals surface area (Å²) in [6, 6.07) is 10.1. The van der Waals surface area contributed by atoms with Gasteiger partial charge >= 0.3 is 5.97 Å². The first-order valence-corrected chi connectivity index (χ1v) is 9.86. The summed E-state index contributed by atoms with van der Waals surface area (Å²) in [4.78, 5) is 27.9. The minimum Gasteiger partial charge on any atom is -0.474 e. The number of hydrogen-bond acceptors (Lipinski definition) is 5. The molecule has 0 aromatic heterocycles. The van der Waals surface area contributed by atoms with Gasteiger partial charge in [0.25, 0.3) is 5.91 Å². The van der Waals surface area contributed by atoms with Crippen molar-refractivity contribution < 1.29 is 27.8 Å². The number of carbonyl (C=O) groups is 2. The summed E-state index contributed by atoms with van der Waals surface area (Å²) in [5.74, 6) is -1.83. The zero-order chi connectivity index (χ0) is 22.7. The third-order valence-corrected chi connectivity index (χ3v) is 5.15. The van der Waals surface area contributed by atoms with Crippen LogP contribution in [-0.4, -0.2) is 35.0 Å². The topological polar surface area (TPSA) is 59.1 Å². The molecule has 2 aliphatic heterocycles. The number of benzene rings is 2. The summed E-state index contributed by atoms with van der Waals surface area (Å²) < 4.78 is 37.5. The molecule has 0 aliphatic carbocycles. The van der Waals surface area contributed by atoms with Gasteiger partial charge in [-0.2, -0.15) is 0 Å². The van der Waals surface area contributed by atoms with E-state index in [-0.39, 0.29) is 24.0 Å². The van der Waals surface area contributed by atoms with Crippen molar-refractivity contribution in [1.82, 2.24) is 9.80 Å². The predicted octanol–water partition coefficient (Wildman–Crippen LogP) is 3.86. The van der Waals surface area contributed by atoms with Crippen molar-refractivity contribution in [3.05, 3.63) is 107 Å². The fraction of sp³-hybridized carbons (Fsp3) is 0.167. The third-order valence-electron chi connectivity index (χ3n) is 5.15. The van der Waals surface area contributed by atoms with Crippen molar-refractivity contribution in [2.45, 2.75) is 19.3 Å². The number of ether oxygens (including phenoxy) is 2. The summed E-state index contributed by atoms with van der Waals surface area (Å²) in [6.07, 6.45) is 8.12. The van der Waals surface area contributed by atoms with E-state index in [2.05, 4.69) is 0 Å². The lowest BCUT2D eigenvalue weighted by Gasteiger charge is -2.42. The number of halogens is 2. The second-order valence-corrected chi connectivity index (χ2v) is 7.21. The number of carbonyl (C=O) groups excluding carboxylic acids is 2. The molecule has 0 N–H and O–H groups in total. The number of methoxy groups -OCH3 is 1. The van der Waals surface area contributed by atoms with Crippen LogP contribution in [0, 0.1) is 11.6 Å². The van der Waals surface area contributed by atoms with E-state index in [1.165, 1.54) is 19.3 Å². The van der Waals surface area contributed by atoms with Gasteiger partial charge in [-0.15, -0.1) is 0 Å². The maximum atomic E-state index is 13.9. The lowest BCUT2D eigenvalue weighted by Crippen LogP contribution is -2.51. The molecule has 2 aromatic carbocycles. The third kappa shape index (κ3) is 4.39. The van der Waals surface area contributed by atoms with Crippen LogP contribution in [0.15, 0.2) is 78.9 Å². The van der Waals surface area contributed by atoms with Crippen LogP contribution < -0.4 is 0 Å². The summed E-state index contributed by atoms with van der Waals surface area (Å²) in [7, 11) is 1.32. The maximum Gasteiger partial charge on any atom is 0.337 e. The lowest BCUT2D eigenvalue weighted by molar-refractivity contribution is -0.134. The van der Waals surface area contributed by atoms with E-state index in [1.807, 2.05) is 12.2 Å². The van der Waals surface area contributed by atoms with Gasteiger partial charge < -0.3 is 14.4 Å². The number of rotatable bonds is 6. The molecule has 0 saturated carbocycles. The highest BCUT2D eigenvalue weighted by Gasteiger charge is 2.34.